The number of nitrogens with zero attached hydrogens (tertiary/aromatic N) is 1. The number of halogens is 4. The minimum atomic E-state index is -0.453. The van der Waals surface area contributed by atoms with E-state index >= 15 is 0 Å². The molecule has 32 heavy (non-hydrogen) atoms. The van der Waals surface area contributed by atoms with E-state index in [0.29, 0.717) is 43.7 Å². The van der Waals surface area contributed by atoms with Crippen molar-refractivity contribution in [2.24, 2.45) is 0 Å². The molecule has 0 fully saturated rings. The van der Waals surface area contributed by atoms with Crippen molar-refractivity contribution < 1.29 is 18.3 Å². The van der Waals surface area contributed by atoms with E-state index in [0.717, 1.165) is 0 Å². The van der Waals surface area contributed by atoms with Crippen molar-refractivity contribution in [3.05, 3.63) is 81.1 Å². The van der Waals surface area contributed by atoms with Gasteiger partial charge in [-0.3, -0.25) is 4.79 Å². The highest BCUT2D eigenvalue weighted by Gasteiger charge is 2.13. The lowest BCUT2D eigenvalue weighted by atomic mass is 10.2. The molecule has 1 aromatic heterocycles. The smallest absolute Gasteiger partial charge is 0.248 e. The monoisotopic (exact) mass is 490 g/mol. The summed E-state index contributed by atoms with van der Waals surface area (Å²) in [5.74, 6) is -0.173. The van der Waals surface area contributed by atoms with Crippen LogP contribution in [0.1, 0.15) is 5.56 Å². The van der Waals surface area contributed by atoms with Gasteiger partial charge in [0.1, 0.15) is 17.1 Å². The molecule has 0 unspecified atom stereocenters. The number of hydrogen-bond acceptors (Lipinski definition) is 4. The van der Waals surface area contributed by atoms with Gasteiger partial charge >= 0.3 is 0 Å². The zero-order valence-electron chi connectivity index (χ0n) is 16.5. The maximum Gasteiger partial charge on any atom is 0.248 e. The van der Waals surface area contributed by atoms with Crippen molar-refractivity contribution in [3.63, 3.8) is 0 Å². The molecule has 1 amide bonds. The fourth-order valence-corrected chi connectivity index (χ4v) is 3.89. The van der Waals surface area contributed by atoms with Crippen LogP contribution in [-0.2, 0) is 4.79 Å². The first-order chi connectivity index (χ1) is 15.3. The minimum absolute atomic E-state index is 0.187. The molecule has 0 spiro atoms. The first kappa shape index (κ1) is 22.1. The van der Waals surface area contributed by atoms with Gasteiger partial charge in [-0.05, 0) is 54.6 Å². The number of benzene rings is 3. The molecule has 4 rings (SSSR count). The summed E-state index contributed by atoms with van der Waals surface area (Å²) in [7, 11) is 1.48. The van der Waals surface area contributed by atoms with Crippen LogP contribution >= 0.6 is 34.8 Å². The van der Waals surface area contributed by atoms with Gasteiger partial charge in [-0.25, -0.2) is 9.37 Å². The molecule has 1 N–H and O–H groups in total. The molecule has 0 saturated carbocycles. The molecule has 0 saturated heterocycles. The number of ether oxygens (including phenoxy) is 1. The number of aromatic nitrogens is 1. The Balaban J connectivity index is 1.55. The lowest BCUT2D eigenvalue weighted by Gasteiger charge is -2.08. The summed E-state index contributed by atoms with van der Waals surface area (Å²) >= 11 is 18.2. The van der Waals surface area contributed by atoms with E-state index in [4.69, 9.17) is 44.0 Å². The number of hydrogen-bond donors (Lipinski definition) is 1. The van der Waals surface area contributed by atoms with Gasteiger partial charge in [0, 0.05) is 22.3 Å². The maximum atomic E-state index is 13.3. The Labute approximate surface area is 197 Å². The average Bonchev–Trinajstić information content (AvgIpc) is 3.15. The standard InChI is InChI=1S/C23H14Cl3FN2O3/c1-31-22-12(8-13(24)9-18(22)26)2-7-21(30)28-15-4-6-20-19(11-15)29-23(32-20)16-5-3-14(27)10-17(16)25/h2-11H,1H3,(H,28,30)/b7-2+. The first-order valence-corrected chi connectivity index (χ1v) is 10.4. The van der Waals surface area contributed by atoms with E-state index in [1.54, 1.807) is 36.4 Å². The van der Waals surface area contributed by atoms with Crippen molar-refractivity contribution in [1.29, 1.82) is 0 Å². The fraction of sp³-hybridized carbons (Fsp3) is 0.0435. The van der Waals surface area contributed by atoms with Crippen LogP contribution in [0.15, 0.2) is 59.0 Å². The van der Waals surface area contributed by atoms with Crippen LogP contribution in [0.2, 0.25) is 15.1 Å². The molecule has 3 aromatic carbocycles. The van der Waals surface area contributed by atoms with Gasteiger partial charge in [0.25, 0.3) is 0 Å². The van der Waals surface area contributed by atoms with Crippen molar-refractivity contribution in [2.75, 3.05) is 12.4 Å². The molecule has 162 valence electrons. The quantitative estimate of drug-likeness (QED) is 0.299. The Morgan fingerprint density at radius 3 is 2.66 bits per heavy atom. The molecule has 0 aliphatic heterocycles. The predicted molar refractivity (Wildman–Crippen MR) is 125 cm³/mol. The van der Waals surface area contributed by atoms with Crippen LogP contribution in [0.25, 0.3) is 28.6 Å². The number of nitrogens with one attached hydrogen (secondary N) is 1. The van der Waals surface area contributed by atoms with Crippen molar-refractivity contribution in [1.82, 2.24) is 4.98 Å². The summed E-state index contributed by atoms with van der Waals surface area (Å²) in [4.78, 5) is 16.8. The number of fused-ring (bicyclic) bond motifs is 1. The number of anilines is 1. The molecule has 9 heteroatoms. The Morgan fingerprint density at radius 2 is 1.91 bits per heavy atom. The number of carbonyl (C=O) groups excluding carboxylic acids is 1. The van der Waals surface area contributed by atoms with Gasteiger partial charge in [-0.1, -0.05) is 34.8 Å². The zero-order valence-corrected chi connectivity index (χ0v) is 18.7. The molecule has 0 radical (unpaired) electrons. The van der Waals surface area contributed by atoms with E-state index in [1.165, 1.54) is 31.4 Å². The molecule has 0 aliphatic rings. The number of carbonyl (C=O) groups is 1. The van der Waals surface area contributed by atoms with Crippen molar-refractivity contribution in [2.45, 2.75) is 0 Å². The van der Waals surface area contributed by atoms with E-state index in [-0.39, 0.29) is 16.8 Å². The third-order valence-electron chi connectivity index (χ3n) is 4.47. The highest BCUT2D eigenvalue weighted by Crippen LogP contribution is 2.33. The third-order valence-corrected chi connectivity index (χ3v) is 5.28. The summed E-state index contributed by atoms with van der Waals surface area (Å²) in [5, 5.41) is 3.70. The highest BCUT2D eigenvalue weighted by atomic mass is 35.5. The molecule has 5 nitrogen and oxygen atoms in total. The second-order valence-electron chi connectivity index (χ2n) is 6.66. The van der Waals surface area contributed by atoms with E-state index in [2.05, 4.69) is 10.3 Å². The summed E-state index contributed by atoms with van der Waals surface area (Å²) in [5.41, 5.74) is 2.53. The normalized spacial score (nSPS) is 11.3. The average molecular weight is 492 g/mol. The number of methoxy groups -OCH3 is 1. The highest BCUT2D eigenvalue weighted by molar-refractivity contribution is 6.36. The second-order valence-corrected chi connectivity index (χ2v) is 7.91. The topological polar surface area (TPSA) is 64.4 Å². The SMILES string of the molecule is COc1c(Cl)cc(Cl)cc1/C=C/C(=O)Nc1ccc2oc(-c3ccc(F)cc3Cl)nc2c1. The Morgan fingerprint density at radius 1 is 1.09 bits per heavy atom. The largest absolute Gasteiger partial charge is 0.495 e. The van der Waals surface area contributed by atoms with Crippen LogP contribution in [-0.4, -0.2) is 18.0 Å². The summed E-state index contributed by atoms with van der Waals surface area (Å²) in [6.45, 7) is 0. The molecular formula is C23H14Cl3FN2O3. The van der Waals surface area contributed by atoms with Gasteiger partial charge in [-0.15, -0.1) is 0 Å². The molecular weight excluding hydrogens is 478 g/mol. The summed E-state index contributed by atoms with van der Waals surface area (Å²) < 4.78 is 24.3. The van der Waals surface area contributed by atoms with Crippen LogP contribution in [0.4, 0.5) is 10.1 Å². The fourth-order valence-electron chi connectivity index (χ4n) is 3.05. The van der Waals surface area contributed by atoms with Crippen molar-refractivity contribution >= 4 is 63.6 Å². The minimum Gasteiger partial charge on any atom is -0.495 e. The Kier molecular flexibility index (Phi) is 6.37. The van der Waals surface area contributed by atoms with Crippen LogP contribution in [0, 0.1) is 5.82 Å². The van der Waals surface area contributed by atoms with E-state index in [9.17, 15) is 9.18 Å². The van der Waals surface area contributed by atoms with Crippen LogP contribution < -0.4 is 10.1 Å². The van der Waals surface area contributed by atoms with Gasteiger partial charge < -0.3 is 14.5 Å². The third kappa shape index (κ3) is 4.72. The zero-order chi connectivity index (χ0) is 22.8. The number of rotatable bonds is 5. The Bertz CT molecular complexity index is 1370. The molecule has 0 atom stereocenters. The van der Waals surface area contributed by atoms with E-state index in [1.807, 2.05) is 0 Å². The molecule has 0 bridgehead atoms. The molecule has 4 aromatic rings. The lowest BCUT2D eigenvalue weighted by molar-refractivity contribution is -0.111. The first-order valence-electron chi connectivity index (χ1n) is 9.22. The van der Waals surface area contributed by atoms with Gasteiger partial charge in [0.05, 0.1) is 22.7 Å². The summed E-state index contributed by atoms with van der Waals surface area (Å²) in [6.07, 6.45) is 2.89. The van der Waals surface area contributed by atoms with Crippen LogP contribution in [0.5, 0.6) is 5.75 Å². The van der Waals surface area contributed by atoms with E-state index < -0.39 is 5.82 Å². The molecule has 1 heterocycles. The number of oxazole rings is 1. The summed E-state index contributed by atoms with van der Waals surface area (Å²) in [6, 6.07) is 12.1. The number of amides is 1. The molecule has 0 aliphatic carbocycles. The van der Waals surface area contributed by atoms with Gasteiger partial charge in [0.2, 0.25) is 11.8 Å². The second kappa shape index (κ2) is 9.20. The van der Waals surface area contributed by atoms with Gasteiger partial charge in [-0.2, -0.15) is 0 Å². The maximum absolute atomic E-state index is 13.3. The van der Waals surface area contributed by atoms with Gasteiger partial charge in [0.15, 0.2) is 5.58 Å². The lowest BCUT2D eigenvalue weighted by Crippen LogP contribution is -2.07. The Hall–Kier alpha value is -3.06. The van der Waals surface area contributed by atoms with Crippen molar-refractivity contribution in [3.8, 4) is 17.2 Å². The van der Waals surface area contributed by atoms with Crippen LogP contribution in [0.3, 0.4) is 0 Å². The predicted octanol–water partition coefficient (Wildman–Crippen LogP) is 7.25.